The van der Waals surface area contributed by atoms with E-state index in [1.165, 1.54) is 0 Å². The topological polar surface area (TPSA) is 134 Å². The lowest BCUT2D eigenvalue weighted by Crippen LogP contribution is -2.46. The van der Waals surface area contributed by atoms with Gasteiger partial charge in [-0.05, 0) is 51.0 Å². The van der Waals surface area contributed by atoms with Crippen LogP contribution in [-0.4, -0.2) is 62.9 Å². The molecule has 1 atom stereocenters. The number of carboxylic acid groups (broad SMARTS) is 1. The van der Waals surface area contributed by atoms with Crippen LogP contribution in [-0.2, 0) is 21.4 Å². The quantitative estimate of drug-likeness (QED) is 0.302. The Balaban J connectivity index is 1.19. The Morgan fingerprint density at radius 1 is 1.21 bits per heavy atom. The van der Waals surface area contributed by atoms with Gasteiger partial charge >= 0.3 is 5.97 Å². The van der Waals surface area contributed by atoms with Crippen LogP contribution in [0, 0.1) is 0 Å². The van der Waals surface area contributed by atoms with E-state index < -0.39 is 24.1 Å². The summed E-state index contributed by atoms with van der Waals surface area (Å²) in [6.45, 7) is 4.05. The number of aliphatic hydroxyl groups excluding tert-OH is 1. The van der Waals surface area contributed by atoms with Crippen molar-refractivity contribution in [2.75, 3.05) is 25.1 Å². The lowest BCUT2D eigenvalue weighted by Gasteiger charge is -2.28. The Bertz CT molecular complexity index is 1340. The average molecular weight is 523 g/mol. The van der Waals surface area contributed by atoms with Gasteiger partial charge in [0.15, 0.2) is 18.0 Å². The molecule has 0 saturated heterocycles. The lowest BCUT2D eigenvalue weighted by atomic mass is 9.79. The first-order valence-corrected chi connectivity index (χ1v) is 13.0. The number of pyridine rings is 1. The number of fused-ring (bicyclic) bond motifs is 3. The number of aliphatic hydroxyl groups is 1. The molecule has 0 bridgehead atoms. The van der Waals surface area contributed by atoms with Crippen LogP contribution < -0.4 is 20.1 Å². The molecule has 5 rings (SSSR count). The maximum Gasteiger partial charge on any atom is 0.341 e. The number of β-amino-alcohol motifs (C(OH)–C–C–N with tert-alkyl or cyclic N) is 1. The maximum atomic E-state index is 12.8. The summed E-state index contributed by atoms with van der Waals surface area (Å²) in [6.07, 6.45) is 7.13. The number of benzene rings is 1. The average Bonchev–Trinajstić information content (AvgIpc) is 3.60. The number of carbonyl (C=O) groups is 2. The van der Waals surface area contributed by atoms with Gasteiger partial charge in [-0.15, -0.1) is 0 Å². The Hall–Kier alpha value is -3.63. The number of imidazole rings is 1. The molecule has 202 valence electrons. The molecule has 3 heterocycles. The molecule has 1 fully saturated rings. The summed E-state index contributed by atoms with van der Waals surface area (Å²) in [7, 11) is 0. The first-order chi connectivity index (χ1) is 18.2. The van der Waals surface area contributed by atoms with Crippen molar-refractivity contribution in [1.29, 1.82) is 0 Å². The monoisotopic (exact) mass is 522 g/mol. The molecule has 10 heteroatoms. The summed E-state index contributed by atoms with van der Waals surface area (Å²) < 4.78 is 13.3. The third-order valence-corrected chi connectivity index (χ3v) is 7.44. The zero-order chi connectivity index (χ0) is 26.9. The van der Waals surface area contributed by atoms with Crippen LogP contribution in [0.1, 0.15) is 50.8 Å². The number of aromatic nitrogens is 2. The molecule has 2 aromatic heterocycles. The first-order valence-electron chi connectivity index (χ1n) is 13.0. The van der Waals surface area contributed by atoms with Crippen molar-refractivity contribution in [3.05, 3.63) is 54.0 Å². The second-order valence-electron chi connectivity index (χ2n) is 10.8. The highest BCUT2D eigenvalue weighted by Gasteiger charge is 2.50. The summed E-state index contributed by atoms with van der Waals surface area (Å²) in [5.74, 6) is 0.0698. The van der Waals surface area contributed by atoms with Crippen molar-refractivity contribution in [2.45, 2.75) is 63.0 Å². The Kier molecular flexibility index (Phi) is 7.02. The van der Waals surface area contributed by atoms with Gasteiger partial charge in [-0.3, -0.25) is 4.79 Å². The van der Waals surface area contributed by atoms with E-state index in [9.17, 15) is 14.7 Å². The van der Waals surface area contributed by atoms with Crippen molar-refractivity contribution in [3.8, 4) is 11.5 Å². The van der Waals surface area contributed by atoms with Gasteiger partial charge in [0, 0.05) is 47.8 Å². The number of hydrogen-bond acceptors (Lipinski definition) is 7. The molecular formula is C28H34N4O6. The second kappa shape index (κ2) is 10.3. The molecule has 4 N–H and O–H groups in total. The molecule has 1 aliphatic carbocycles. The highest BCUT2D eigenvalue weighted by Crippen LogP contribution is 2.52. The number of ether oxygens (including phenoxy) is 2. The van der Waals surface area contributed by atoms with E-state index in [2.05, 4.69) is 15.6 Å². The largest absolute Gasteiger partial charge is 0.490 e. The molecule has 1 spiro atoms. The van der Waals surface area contributed by atoms with Gasteiger partial charge in [0.05, 0.1) is 5.41 Å². The number of nitrogens with one attached hydrogen (secondary N) is 2. The number of hydrogen-bond donors (Lipinski definition) is 4. The predicted octanol–water partition coefficient (Wildman–Crippen LogP) is 2.91. The fraction of sp³-hybridized carbons (Fsp3) is 0.464. The number of amides is 1. The molecule has 2 aliphatic rings. The van der Waals surface area contributed by atoms with Crippen LogP contribution in [0.2, 0.25) is 0 Å². The molecule has 1 aliphatic heterocycles. The van der Waals surface area contributed by atoms with Gasteiger partial charge in [-0.1, -0.05) is 18.9 Å². The Morgan fingerprint density at radius 3 is 2.74 bits per heavy atom. The van der Waals surface area contributed by atoms with Crippen LogP contribution in [0.15, 0.2) is 42.7 Å². The Labute approximate surface area is 221 Å². The fourth-order valence-corrected chi connectivity index (χ4v) is 5.63. The summed E-state index contributed by atoms with van der Waals surface area (Å²) in [6, 6.07) is 9.13. The van der Waals surface area contributed by atoms with Gasteiger partial charge in [0.2, 0.25) is 5.91 Å². The molecule has 1 aromatic carbocycles. The summed E-state index contributed by atoms with van der Waals surface area (Å²) >= 11 is 0. The molecule has 1 amide bonds. The molecule has 1 saturated carbocycles. The van der Waals surface area contributed by atoms with E-state index in [0.29, 0.717) is 30.1 Å². The third kappa shape index (κ3) is 5.06. The van der Waals surface area contributed by atoms with Crippen molar-refractivity contribution in [1.82, 2.24) is 14.7 Å². The number of carbonyl (C=O) groups excluding carboxylic acids is 1. The minimum Gasteiger partial charge on any atom is -0.490 e. The number of anilines is 1. The van der Waals surface area contributed by atoms with Crippen LogP contribution in [0.25, 0.3) is 5.65 Å². The zero-order valence-electron chi connectivity index (χ0n) is 21.7. The minimum atomic E-state index is -1.05. The van der Waals surface area contributed by atoms with E-state index in [4.69, 9.17) is 14.6 Å². The van der Waals surface area contributed by atoms with Crippen molar-refractivity contribution >= 4 is 23.2 Å². The molecule has 0 radical (unpaired) electrons. The van der Waals surface area contributed by atoms with Gasteiger partial charge in [-0.25, -0.2) is 9.78 Å². The SMILES string of the molecule is CC(C)(Cc1cnc2c(OCC(=O)O)cccn12)NC[C@H](O)COc1cccc2c1C1(CCCC1)C(=O)N2. The summed E-state index contributed by atoms with van der Waals surface area (Å²) in [5.41, 5.74) is 2.32. The molecular weight excluding hydrogens is 488 g/mol. The van der Waals surface area contributed by atoms with E-state index in [0.717, 1.165) is 42.6 Å². The van der Waals surface area contributed by atoms with E-state index in [-0.39, 0.29) is 18.1 Å². The fourth-order valence-electron chi connectivity index (χ4n) is 5.63. The second-order valence-corrected chi connectivity index (χ2v) is 10.8. The highest BCUT2D eigenvalue weighted by molar-refractivity contribution is 6.07. The highest BCUT2D eigenvalue weighted by atomic mass is 16.5. The van der Waals surface area contributed by atoms with E-state index >= 15 is 0 Å². The maximum absolute atomic E-state index is 12.8. The summed E-state index contributed by atoms with van der Waals surface area (Å²) in [4.78, 5) is 28.1. The zero-order valence-corrected chi connectivity index (χ0v) is 21.7. The Morgan fingerprint density at radius 2 is 1.97 bits per heavy atom. The van der Waals surface area contributed by atoms with Gasteiger partial charge in [0.25, 0.3) is 0 Å². The molecule has 3 aromatic rings. The van der Waals surface area contributed by atoms with Crippen LogP contribution >= 0.6 is 0 Å². The van der Waals surface area contributed by atoms with Crippen LogP contribution in [0.5, 0.6) is 11.5 Å². The van der Waals surface area contributed by atoms with Crippen molar-refractivity contribution in [2.24, 2.45) is 0 Å². The molecule has 38 heavy (non-hydrogen) atoms. The standard InChI is InChI=1S/C28H34N4O6/c1-27(2,13-18-14-29-25-22(38-17-23(34)35)9-6-12-32(18)25)30-15-19(33)16-37-21-8-5-7-20-24(21)28(26(36)31-20)10-3-4-11-28/h5-9,12,14,19,30,33H,3-4,10-11,13,15-17H2,1-2H3,(H,31,36)(H,34,35)/t19-/m0/s1. The number of rotatable bonds is 11. The van der Waals surface area contributed by atoms with Crippen molar-refractivity contribution in [3.63, 3.8) is 0 Å². The van der Waals surface area contributed by atoms with Gasteiger partial charge in [-0.2, -0.15) is 0 Å². The number of aliphatic carboxylic acids is 1. The number of carboxylic acids is 1. The van der Waals surface area contributed by atoms with Gasteiger partial charge < -0.3 is 34.7 Å². The van der Waals surface area contributed by atoms with E-state index in [1.54, 1.807) is 18.3 Å². The summed E-state index contributed by atoms with van der Waals surface area (Å²) in [5, 5.41) is 26.1. The molecule has 0 unspecified atom stereocenters. The van der Waals surface area contributed by atoms with E-state index in [1.807, 2.05) is 42.6 Å². The minimum absolute atomic E-state index is 0.0537. The van der Waals surface area contributed by atoms with Crippen LogP contribution in [0.3, 0.4) is 0 Å². The predicted molar refractivity (Wildman–Crippen MR) is 141 cm³/mol. The van der Waals surface area contributed by atoms with Crippen molar-refractivity contribution < 1.29 is 29.3 Å². The normalized spacial score (nSPS) is 17.0. The smallest absolute Gasteiger partial charge is 0.341 e. The number of nitrogens with zero attached hydrogens (tertiary/aromatic N) is 2. The lowest BCUT2D eigenvalue weighted by molar-refractivity contribution is -0.139. The first kappa shape index (κ1) is 26.0. The molecule has 10 nitrogen and oxygen atoms in total. The third-order valence-electron chi connectivity index (χ3n) is 7.44. The van der Waals surface area contributed by atoms with Crippen LogP contribution in [0.4, 0.5) is 5.69 Å². The van der Waals surface area contributed by atoms with Gasteiger partial charge in [0.1, 0.15) is 18.5 Å².